The molecule has 0 aliphatic rings. The molecule has 1 atom stereocenters. The van der Waals surface area contributed by atoms with Crippen molar-refractivity contribution in [3.8, 4) is 11.8 Å². The zero-order valence-corrected chi connectivity index (χ0v) is 20.9. The van der Waals surface area contributed by atoms with E-state index in [4.69, 9.17) is 10.8 Å². The number of carbonyl (C=O) groups excluding carboxylic acids is 3. The average molecular weight is 517 g/mol. The highest BCUT2D eigenvalue weighted by molar-refractivity contribution is 5.98. The number of aliphatic hydroxyl groups is 1. The smallest absolute Gasteiger partial charge is 0.251 e. The molecule has 0 spiro atoms. The van der Waals surface area contributed by atoms with Gasteiger partial charge in [-0.3, -0.25) is 19.3 Å². The fourth-order valence-corrected chi connectivity index (χ4v) is 3.53. The first-order chi connectivity index (χ1) is 18.3. The predicted molar refractivity (Wildman–Crippen MR) is 143 cm³/mol. The van der Waals surface area contributed by atoms with Gasteiger partial charge in [0.25, 0.3) is 5.91 Å². The summed E-state index contributed by atoms with van der Waals surface area (Å²) in [5.74, 6) is 4.48. The number of ketones is 1. The van der Waals surface area contributed by atoms with Crippen LogP contribution in [-0.4, -0.2) is 60.4 Å². The number of benzene rings is 3. The van der Waals surface area contributed by atoms with Crippen LogP contribution in [0.5, 0.6) is 0 Å². The van der Waals surface area contributed by atoms with Gasteiger partial charge in [-0.1, -0.05) is 30.0 Å². The number of rotatable bonds is 10. The molecule has 0 saturated carbocycles. The van der Waals surface area contributed by atoms with Gasteiger partial charge in [0.15, 0.2) is 5.78 Å². The predicted octanol–water partition coefficient (Wildman–Crippen LogP) is 1.91. The maximum absolute atomic E-state index is 13.8. The van der Waals surface area contributed by atoms with Gasteiger partial charge in [-0.25, -0.2) is 4.39 Å². The molecule has 0 saturated heterocycles. The van der Waals surface area contributed by atoms with E-state index in [1.165, 1.54) is 6.07 Å². The van der Waals surface area contributed by atoms with Crippen LogP contribution in [0.15, 0.2) is 72.8 Å². The summed E-state index contributed by atoms with van der Waals surface area (Å²) >= 11 is 0. The standard InChI is InChI=1S/C29H29FN4O4/c1-34(17-23-4-2-3-5-25(23)30)18-28(37)32-24-14-10-21(11-15-24)7-6-20-8-12-22(13-9-20)29(38)33-26(16-31)27(36)19-35/h2-5,8-15,26,35H,16-19,31H2,1H3,(H,32,37)(H,33,38)/t26-/m0/s1. The average Bonchev–Trinajstić information content (AvgIpc) is 2.92. The number of aliphatic hydroxyl groups excluding tert-OH is 1. The van der Waals surface area contributed by atoms with E-state index in [1.807, 2.05) is 0 Å². The molecule has 3 rings (SSSR count). The van der Waals surface area contributed by atoms with Crippen molar-refractivity contribution < 1.29 is 23.9 Å². The number of amides is 2. The Hall–Kier alpha value is -4.36. The minimum atomic E-state index is -0.945. The summed E-state index contributed by atoms with van der Waals surface area (Å²) in [6.07, 6.45) is 0. The molecule has 8 nitrogen and oxygen atoms in total. The molecule has 5 N–H and O–H groups in total. The van der Waals surface area contributed by atoms with Gasteiger partial charge in [0.2, 0.25) is 5.91 Å². The number of likely N-dealkylation sites (N-methyl/N-ethyl adjacent to an activating group) is 1. The van der Waals surface area contributed by atoms with Crippen molar-refractivity contribution >= 4 is 23.3 Å². The molecule has 196 valence electrons. The quantitative estimate of drug-likeness (QED) is 0.305. The molecular weight excluding hydrogens is 487 g/mol. The van der Waals surface area contributed by atoms with Crippen molar-refractivity contribution in [3.05, 3.63) is 101 Å². The topological polar surface area (TPSA) is 125 Å². The Labute approximate surface area is 220 Å². The number of hydrogen-bond acceptors (Lipinski definition) is 6. The normalized spacial score (nSPS) is 11.3. The number of nitrogens with one attached hydrogen (secondary N) is 2. The molecule has 0 aliphatic heterocycles. The minimum absolute atomic E-state index is 0.106. The van der Waals surface area contributed by atoms with Crippen LogP contribution in [0.1, 0.15) is 27.0 Å². The zero-order chi connectivity index (χ0) is 27.5. The number of nitrogens with two attached hydrogens (primary N) is 1. The Morgan fingerprint density at radius 1 is 0.974 bits per heavy atom. The largest absolute Gasteiger partial charge is 0.388 e. The van der Waals surface area contributed by atoms with Gasteiger partial charge in [0.05, 0.1) is 6.54 Å². The van der Waals surface area contributed by atoms with Crippen LogP contribution in [0.2, 0.25) is 0 Å². The highest BCUT2D eigenvalue weighted by Crippen LogP contribution is 2.11. The lowest BCUT2D eigenvalue weighted by molar-refractivity contribution is -0.123. The Kier molecular flexibility index (Phi) is 10.3. The highest BCUT2D eigenvalue weighted by atomic mass is 19.1. The molecule has 38 heavy (non-hydrogen) atoms. The number of hydrogen-bond donors (Lipinski definition) is 4. The minimum Gasteiger partial charge on any atom is -0.388 e. The van der Waals surface area contributed by atoms with Crippen LogP contribution in [0.25, 0.3) is 0 Å². The Morgan fingerprint density at radius 2 is 1.58 bits per heavy atom. The van der Waals surface area contributed by atoms with E-state index in [9.17, 15) is 18.8 Å². The number of anilines is 1. The third kappa shape index (κ3) is 8.35. The van der Waals surface area contributed by atoms with Crippen LogP contribution < -0.4 is 16.4 Å². The van der Waals surface area contributed by atoms with E-state index in [0.717, 1.165) is 5.56 Å². The summed E-state index contributed by atoms with van der Waals surface area (Å²) in [5, 5.41) is 14.3. The SMILES string of the molecule is CN(CC(=O)Nc1ccc(C#Cc2ccc(C(=O)N[C@@H](CN)C(=O)CO)cc2)cc1)Cc1ccccc1F. The lowest BCUT2D eigenvalue weighted by Crippen LogP contribution is -2.46. The first-order valence-corrected chi connectivity index (χ1v) is 11.9. The van der Waals surface area contributed by atoms with Crippen LogP contribution >= 0.6 is 0 Å². The van der Waals surface area contributed by atoms with Crippen molar-refractivity contribution in [2.75, 3.05) is 32.1 Å². The van der Waals surface area contributed by atoms with Gasteiger partial charge in [-0.2, -0.15) is 0 Å². The first-order valence-electron chi connectivity index (χ1n) is 11.9. The van der Waals surface area contributed by atoms with E-state index >= 15 is 0 Å². The Morgan fingerprint density at radius 3 is 2.16 bits per heavy atom. The van der Waals surface area contributed by atoms with Crippen molar-refractivity contribution in [2.24, 2.45) is 5.73 Å². The van der Waals surface area contributed by atoms with Crippen LogP contribution in [-0.2, 0) is 16.1 Å². The second-order valence-corrected chi connectivity index (χ2v) is 8.60. The summed E-state index contributed by atoms with van der Waals surface area (Å²) in [7, 11) is 1.75. The number of nitrogens with zero attached hydrogens (tertiary/aromatic N) is 1. The number of halogens is 1. The molecule has 0 radical (unpaired) electrons. The molecule has 0 aliphatic carbocycles. The van der Waals surface area contributed by atoms with E-state index in [-0.39, 0.29) is 24.8 Å². The summed E-state index contributed by atoms with van der Waals surface area (Å²) in [6.45, 7) is -0.380. The van der Waals surface area contributed by atoms with Crippen molar-refractivity contribution in [2.45, 2.75) is 12.6 Å². The number of carbonyl (C=O) groups is 3. The lowest BCUT2D eigenvalue weighted by atomic mass is 10.1. The lowest BCUT2D eigenvalue weighted by Gasteiger charge is -2.16. The van der Waals surface area contributed by atoms with Crippen LogP contribution in [0, 0.1) is 17.7 Å². The van der Waals surface area contributed by atoms with Gasteiger partial charge < -0.3 is 21.5 Å². The van der Waals surface area contributed by atoms with Crippen molar-refractivity contribution in [1.29, 1.82) is 0 Å². The Balaban J connectivity index is 1.52. The van der Waals surface area contributed by atoms with E-state index in [1.54, 1.807) is 78.7 Å². The third-order valence-electron chi connectivity index (χ3n) is 5.56. The molecule has 0 bridgehead atoms. The second kappa shape index (κ2) is 13.8. The van der Waals surface area contributed by atoms with Crippen molar-refractivity contribution in [3.63, 3.8) is 0 Å². The fraction of sp³-hybridized carbons (Fsp3) is 0.207. The van der Waals surface area contributed by atoms with E-state index in [2.05, 4.69) is 22.5 Å². The van der Waals surface area contributed by atoms with Crippen LogP contribution in [0.4, 0.5) is 10.1 Å². The molecule has 2 amide bonds. The Bertz CT molecular complexity index is 1330. The van der Waals surface area contributed by atoms with E-state index in [0.29, 0.717) is 28.9 Å². The molecule has 0 unspecified atom stereocenters. The zero-order valence-electron chi connectivity index (χ0n) is 20.9. The van der Waals surface area contributed by atoms with Gasteiger partial charge in [-0.05, 0) is 61.6 Å². The first kappa shape index (κ1) is 28.2. The summed E-state index contributed by atoms with van der Waals surface area (Å²) in [5.41, 5.74) is 8.36. The maximum Gasteiger partial charge on any atom is 0.251 e. The van der Waals surface area contributed by atoms with Gasteiger partial charge in [-0.15, -0.1) is 0 Å². The molecule has 0 aromatic heterocycles. The number of Topliss-reactive ketones (excluding diaryl/α,β-unsaturated/α-hetero) is 1. The van der Waals surface area contributed by atoms with E-state index < -0.39 is 24.3 Å². The second-order valence-electron chi connectivity index (χ2n) is 8.60. The monoisotopic (exact) mass is 516 g/mol. The maximum atomic E-state index is 13.8. The molecule has 0 fully saturated rings. The highest BCUT2D eigenvalue weighted by Gasteiger charge is 2.18. The van der Waals surface area contributed by atoms with Crippen molar-refractivity contribution in [1.82, 2.24) is 10.2 Å². The summed E-state index contributed by atoms with van der Waals surface area (Å²) < 4.78 is 13.8. The summed E-state index contributed by atoms with van der Waals surface area (Å²) in [4.78, 5) is 38.0. The molecule has 0 heterocycles. The molecular formula is C29H29FN4O4. The molecule has 3 aromatic carbocycles. The summed E-state index contributed by atoms with van der Waals surface area (Å²) in [6, 6.07) is 19.1. The third-order valence-corrected chi connectivity index (χ3v) is 5.56. The van der Waals surface area contributed by atoms with Crippen LogP contribution in [0.3, 0.4) is 0 Å². The van der Waals surface area contributed by atoms with Gasteiger partial charge in [0.1, 0.15) is 18.5 Å². The van der Waals surface area contributed by atoms with Gasteiger partial charge >= 0.3 is 0 Å². The fourth-order valence-electron chi connectivity index (χ4n) is 3.53. The molecule has 3 aromatic rings. The molecule has 9 heteroatoms. The van der Waals surface area contributed by atoms with Gasteiger partial charge in [0, 0.05) is 41.0 Å².